The van der Waals surface area contributed by atoms with Gasteiger partial charge in [-0.25, -0.2) is 14.8 Å². The van der Waals surface area contributed by atoms with Crippen molar-refractivity contribution in [2.24, 2.45) is 0 Å². The van der Waals surface area contributed by atoms with Gasteiger partial charge in [-0.2, -0.15) is 0 Å². The summed E-state index contributed by atoms with van der Waals surface area (Å²) in [6.07, 6.45) is 5.98. The number of H-pyrrole nitrogens is 1. The molecule has 0 aromatic carbocycles. The molecule has 0 saturated carbocycles. The van der Waals surface area contributed by atoms with E-state index in [2.05, 4.69) is 26.8 Å². The van der Waals surface area contributed by atoms with E-state index in [1.54, 1.807) is 25.6 Å². The second-order valence-electron chi connectivity index (χ2n) is 7.69. The van der Waals surface area contributed by atoms with Gasteiger partial charge in [-0.1, -0.05) is 0 Å². The summed E-state index contributed by atoms with van der Waals surface area (Å²) in [6, 6.07) is 2.01. The Morgan fingerprint density at radius 2 is 2.28 bits per heavy atom. The molecule has 3 aromatic heterocycles. The van der Waals surface area contributed by atoms with Crippen LogP contribution in [0.2, 0.25) is 0 Å². The van der Waals surface area contributed by atoms with Crippen LogP contribution >= 0.6 is 0 Å². The maximum atomic E-state index is 12.1. The van der Waals surface area contributed by atoms with Crippen molar-refractivity contribution in [1.82, 2.24) is 24.4 Å². The molecule has 5 heterocycles. The van der Waals surface area contributed by atoms with Crippen molar-refractivity contribution >= 4 is 17.2 Å². The summed E-state index contributed by atoms with van der Waals surface area (Å²) in [5, 5.41) is 7.89. The number of nitrogens with one attached hydrogen (secondary N) is 2. The molecule has 0 aliphatic carbocycles. The molecule has 2 aliphatic rings. The molecule has 1 saturated heterocycles. The van der Waals surface area contributed by atoms with E-state index in [9.17, 15) is 4.79 Å². The molecule has 9 nitrogen and oxygen atoms in total. The molecule has 0 radical (unpaired) electrons. The number of fused-ring (bicyclic) bond motifs is 3. The van der Waals surface area contributed by atoms with Gasteiger partial charge in [-0.05, 0) is 31.9 Å². The van der Waals surface area contributed by atoms with Crippen LogP contribution in [0.25, 0.3) is 17.2 Å². The first-order valence-electron chi connectivity index (χ1n) is 9.68. The average molecular weight is 394 g/mol. The van der Waals surface area contributed by atoms with Crippen molar-refractivity contribution in [2.45, 2.75) is 39.0 Å². The van der Waals surface area contributed by atoms with E-state index in [0.29, 0.717) is 29.1 Å². The molecule has 2 atom stereocenters. The van der Waals surface area contributed by atoms with E-state index in [1.165, 1.54) is 0 Å². The first kappa shape index (κ1) is 17.9. The zero-order valence-corrected chi connectivity index (χ0v) is 16.3. The van der Waals surface area contributed by atoms with Crippen molar-refractivity contribution < 1.29 is 9.15 Å². The topological polar surface area (TPSA) is 113 Å². The number of aryl methyl sites for hydroxylation is 1. The number of likely N-dealkylation sites (tertiary alicyclic amines) is 1. The highest BCUT2D eigenvalue weighted by atomic mass is 16.5. The summed E-state index contributed by atoms with van der Waals surface area (Å²) in [6.45, 7) is 6.26. The predicted molar refractivity (Wildman–Crippen MR) is 105 cm³/mol. The van der Waals surface area contributed by atoms with Crippen LogP contribution in [0.1, 0.15) is 24.7 Å². The summed E-state index contributed by atoms with van der Waals surface area (Å²) >= 11 is 0. The van der Waals surface area contributed by atoms with Gasteiger partial charge in [0.1, 0.15) is 28.7 Å². The number of rotatable bonds is 3. The Morgan fingerprint density at radius 1 is 1.41 bits per heavy atom. The minimum atomic E-state index is -0.341. The predicted octanol–water partition coefficient (Wildman–Crippen LogP) is 1.44. The highest BCUT2D eigenvalue weighted by molar-refractivity contribution is 5.68. The van der Waals surface area contributed by atoms with Crippen molar-refractivity contribution in [3.63, 3.8) is 0 Å². The first-order chi connectivity index (χ1) is 14.0. The first-order valence-corrected chi connectivity index (χ1v) is 9.68. The zero-order chi connectivity index (χ0) is 20.1. The number of hydrogen-bond donors (Lipinski definition) is 2. The Kier molecular flexibility index (Phi) is 4.13. The molecule has 3 aromatic rings. The van der Waals surface area contributed by atoms with Gasteiger partial charge in [0.2, 0.25) is 0 Å². The van der Waals surface area contributed by atoms with Crippen LogP contribution in [0.4, 0.5) is 0 Å². The molecular formula is C20H22N6O3. The SMILES string of the molecule is Cc1cc2c(c(=O)o1)C=C1CCN([C@H](C)Cn3cnc(=N)c4[nH]cnc43)C[C@@H]1O2. The summed E-state index contributed by atoms with van der Waals surface area (Å²) < 4.78 is 13.3. The molecule has 0 bridgehead atoms. The van der Waals surface area contributed by atoms with Crippen LogP contribution in [0.3, 0.4) is 0 Å². The molecule has 5 rings (SSSR count). The fourth-order valence-corrected chi connectivity index (χ4v) is 4.15. The molecule has 2 N–H and O–H groups in total. The standard InChI is InChI=1S/C20H22N6O3/c1-11(7-26-10-24-18(21)17-19(26)23-9-22-17)25-4-3-13-6-14-15(29-16(13)8-25)5-12(2)28-20(14)27/h5-6,9-11,16,21H,3-4,7-8H2,1-2H3,(H,22,23)/t11-,16+/m1/s1. The number of nitrogens with zero attached hydrogens (tertiary/aromatic N) is 4. The number of ether oxygens (including phenoxy) is 1. The van der Waals surface area contributed by atoms with E-state index >= 15 is 0 Å². The molecule has 9 heteroatoms. The highest BCUT2D eigenvalue weighted by Gasteiger charge is 2.32. The summed E-state index contributed by atoms with van der Waals surface area (Å²) in [5.41, 5.74) is 2.89. The lowest BCUT2D eigenvalue weighted by Gasteiger charge is -2.40. The maximum Gasteiger partial charge on any atom is 0.346 e. The smallest absolute Gasteiger partial charge is 0.346 e. The fourth-order valence-electron chi connectivity index (χ4n) is 4.15. The third kappa shape index (κ3) is 3.07. The molecule has 2 aliphatic heterocycles. The van der Waals surface area contributed by atoms with Gasteiger partial charge in [0, 0.05) is 31.7 Å². The fraction of sp³-hybridized carbons (Fsp3) is 0.400. The van der Waals surface area contributed by atoms with Crippen LogP contribution in [0, 0.1) is 12.3 Å². The third-order valence-corrected chi connectivity index (χ3v) is 5.71. The highest BCUT2D eigenvalue weighted by Crippen LogP contribution is 2.33. The Hall–Kier alpha value is -3.20. The second kappa shape index (κ2) is 6.70. The molecule has 0 spiro atoms. The maximum absolute atomic E-state index is 12.1. The average Bonchev–Trinajstić information content (AvgIpc) is 3.19. The van der Waals surface area contributed by atoms with E-state index < -0.39 is 0 Å². The van der Waals surface area contributed by atoms with Crippen molar-refractivity contribution in [3.05, 3.63) is 51.5 Å². The number of aromatic amines is 1. The number of piperidine rings is 1. The van der Waals surface area contributed by atoms with E-state index in [0.717, 1.165) is 30.7 Å². The molecule has 0 amide bonds. The Balaban J connectivity index is 1.36. The number of imidazole rings is 1. The van der Waals surface area contributed by atoms with E-state index in [1.807, 2.05) is 10.6 Å². The van der Waals surface area contributed by atoms with Crippen molar-refractivity contribution in [3.8, 4) is 5.75 Å². The summed E-state index contributed by atoms with van der Waals surface area (Å²) in [5.74, 6) is 1.15. The van der Waals surface area contributed by atoms with Gasteiger partial charge in [0.15, 0.2) is 11.1 Å². The van der Waals surface area contributed by atoms with Gasteiger partial charge in [-0.3, -0.25) is 10.3 Å². The van der Waals surface area contributed by atoms with Gasteiger partial charge >= 0.3 is 5.63 Å². The monoisotopic (exact) mass is 394 g/mol. The van der Waals surface area contributed by atoms with Crippen LogP contribution in [0.15, 0.2) is 33.5 Å². The largest absolute Gasteiger partial charge is 0.484 e. The minimum absolute atomic E-state index is 0.0657. The summed E-state index contributed by atoms with van der Waals surface area (Å²) in [7, 11) is 0. The van der Waals surface area contributed by atoms with Crippen LogP contribution in [0.5, 0.6) is 5.75 Å². The Labute approximate surface area is 166 Å². The number of aromatic nitrogens is 4. The number of hydrogen-bond acceptors (Lipinski definition) is 7. The van der Waals surface area contributed by atoms with Crippen molar-refractivity contribution in [1.29, 1.82) is 5.41 Å². The minimum Gasteiger partial charge on any atom is -0.484 e. The second-order valence-corrected chi connectivity index (χ2v) is 7.69. The molecule has 1 fully saturated rings. The Bertz CT molecular complexity index is 1240. The van der Waals surface area contributed by atoms with Gasteiger partial charge in [0.05, 0.1) is 12.7 Å². The van der Waals surface area contributed by atoms with Crippen molar-refractivity contribution in [2.75, 3.05) is 13.1 Å². The molecular weight excluding hydrogens is 372 g/mol. The van der Waals surface area contributed by atoms with E-state index in [4.69, 9.17) is 14.6 Å². The van der Waals surface area contributed by atoms with Crippen LogP contribution < -0.4 is 15.9 Å². The zero-order valence-electron chi connectivity index (χ0n) is 16.3. The molecule has 150 valence electrons. The normalized spacial score (nSPS) is 19.9. The van der Waals surface area contributed by atoms with Gasteiger partial charge in [0.25, 0.3) is 0 Å². The lowest BCUT2D eigenvalue weighted by molar-refractivity contribution is 0.0927. The van der Waals surface area contributed by atoms with Crippen LogP contribution in [-0.4, -0.2) is 49.7 Å². The third-order valence-electron chi connectivity index (χ3n) is 5.71. The summed E-state index contributed by atoms with van der Waals surface area (Å²) in [4.78, 5) is 26.0. The van der Waals surface area contributed by atoms with E-state index in [-0.39, 0.29) is 23.3 Å². The van der Waals surface area contributed by atoms with Crippen LogP contribution in [-0.2, 0) is 6.54 Å². The van der Waals surface area contributed by atoms with Gasteiger partial charge < -0.3 is 18.7 Å². The molecule has 29 heavy (non-hydrogen) atoms. The lowest BCUT2D eigenvalue weighted by Crippen LogP contribution is -2.48. The Morgan fingerprint density at radius 3 is 3.14 bits per heavy atom. The van der Waals surface area contributed by atoms with Gasteiger partial charge in [-0.15, -0.1) is 0 Å². The molecule has 0 unspecified atom stereocenters. The lowest BCUT2D eigenvalue weighted by atomic mass is 9.95. The quantitative estimate of drug-likeness (QED) is 0.695.